The Morgan fingerprint density at radius 3 is 2.38 bits per heavy atom. The van der Waals surface area contributed by atoms with Gasteiger partial charge in [0.25, 0.3) is 0 Å². The summed E-state index contributed by atoms with van der Waals surface area (Å²) in [4.78, 5) is 6.99. The van der Waals surface area contributed by atoms with Crippen molar-refractivity contribution in [2.24, 2.45) is 0 Å². The molecule has 0 saturated heterocycles. The maximum absolute atomic E-state index is 4.53. The van der Waals surface area contributed by atoms with Gasteiger partial charge in [-0.05, 0) is 43.7 Å². The lowest BCUT2D eigenvalue weighted by atomic mass is 10.0. The van der Waals surface area contributed by atoms with E-state index < -0.39 is 0 Å². The highest BCUT2D eigenvalue weighted by molar-refractivity contribution is 7.99. The zero-order chi connectivity index (χ0) is 14.7. The van der Waals surface area contributed by atoms with E-state index in [-0.39, 0.29) is 0 Å². The number of pyridine rings is 1. The van der Waals surface area contributed by atoms with Gasteiger partial charge in [-0.2, -0.15) is 0 Å². The Bertz CT molecular complexity index is 751. The van der Waals surface area contributed by atoms with Crippen LogP contribution < -0.4 is 0 Å². The van der Waals surface area contributed by atoms with Crippen LogP contribution in [0.25, 0.3) is 11.3 Å². The summed E-state index contributed by atoms with van der Waals surface area (Å²) in [7, 11) is 0. The van der Waals surface area contributed by atoms with Crippen LogP contribution in [-0.4, -0.2) is 4.98 Å². The summed E-state index contributed by atoms with van der Waals surface area (Å²) in [5, 5.41) is 0. The highest BCUT2D eigenvalue weighted by Gasteiger charge is 2.05. The summed E-state index contributed by atoms with van der Waals surface area (Å²) < 4.78 is 0. The average Bonchev–Trinajstić information content (AvgIpc) is 2.48. The Kier molecular flexibility index (Phi) is 4.07. The van der Waals surface area contributed by atoms with E-state index in [4.69, 9.17) is 0 Å². The molecular weight excluding hydrogens is 274 g/mol. The van der Waals surface area contributed by atoms with Gasteiger partial charge in [-0.3, -0.25) is 4.98 Å². The third kappa shape index (κ3) is 3.34. The SMILES string of the molecule is Cc1ccc(-c2cc(Sc3ccccc3)ccn2)c(C)c1. The van der Waals surface area contributed by atoms with E-state index in [1.54, 1.807) is 11.8 Å². The van der Waals surface area contributed by atoms with E-state index in [1.165, 1.54) is 26.5 Å². The molecule has 1 aromatic heterocycles. The topological polar surface area (TPSA) is 12.9 Å². The largest absolute Gasteiger partial charge is 0.256 e. The molecule has 1 nitrogen and oxygen atoms in total. The van der Waals surface area contributed by atoms with Crippen LogP contribution in [0.15, 0.2) is 76.7 Å². The van der Waals surface area contributed by atoms with E-state index in [0.29, 0.717) is 0 Å². The zero-order valence-electron chi connectivity index (χ0n) is 12.2. The minimum Gasteiger partial charge on any atom is -0.256 e. The van der Waals surface area contributed by atoms with Gasteiger partial charge in [0.2, 0.25) is 0 Å². The lowest BCUT2D eigenvalue weighted by Gasteiger charge is -2.08. The molecule has 1 heterocycles. The highest BCUT2D eigenvalue weighted by Crippen LogP contribution is 2.30. The zero-order valence-corrected chi connectivity index (χ0v) is 13.0. The molecule has 0 aliphatic rings. The number of aromatic nitrogens is 1. The molecule has 21 heavy (non-hydrogen) atoms. The number of hydrogen-bond acceptors (Lipinski definition) is 2. The maximum Gasteiger partial charge on any atom is 0.0715 e. The average molecular weight is 291 g/mol. The second-order valence-electron chi connectivity index (χ2n) is 5.11. The van der Waals surface area contributed by atoms with Crippen molar-refractivity contribution in [1.29, 1.82) is 0 Å². The van der Waals surface area contributed by atoms with Crippen molar-refractivity contribution in [2.45, 2.75) is 23.6 Å². The second-order valence-corrected chi connectivity index (χ2v) is 6.26. The van der Waals surface area contributed by atoms with E-state index in [2.05, 4.69) is 73.4 Å². The van der Waals surface area contributed by atoms with E-state index in [9.17, 15) is 0 Å². The summed E-state index contributed by atoms with van der Waals surface area (Å²) in [6.45, 7) is 4.26. The predicted molar refractivity (Wildman–Crippen MR) is 89.7 cm³/mol. The third-order valence-electron chi connectivity index (χ3n) is 3.37. The predicted octanol–water partition coefficient (Wildman–Crippen LogP) is 5.52. The first-order chi connectivity index (χ1) is 10.2. The standard InChI is InChI=1S/C19H17NS/c1-14-8-9-18(15(2)12-14)19-13-17(10-11-20-19)21-16-6-4-3-5-7-16/h3-13H,1-2H3. The van der Waals surface area contributed by atoms with Crippen molar-refractivity contribution in [3.05, 3.63) is 78.0 Å². The van der Waals surface area contributed by atoms with Crippen molar-refractivity contribution >= 4 is 11.8 Å². The Balaban J connectivity index is 1.93. The van der Waals surface area contributed by atoms with Crippen LogP contribution in [0.4, 0.5) is 0 Å². The van der Waals surface area contributed by atoms with Crippen molar-refractivity contribution in [2.75, 3.05) is 0 Å². The first kappa shape index (κ1) is 13.9. The van der Waals surface area contributed by atoms with Gasteiger partial charge in [0.1, 0.15) is 0 Å². The molecule has 0 spiro atoms. The molecular formula is C19H17NS. The number of nitrogens with zero attached hydrogens (tertiary/aromatic N) is 1. The third-order valence-corrected chi connectivity index (χ3v) is 4.37. The fourth-order valence-electron chi connectivity index (χ4n) is 2.35. The second kappa shape index (κ2) is 6.15. The van der Waals surface area contributed by atoms with Gasteiger partial charge in [-0.15, -0.1) is 0 Å². The Morgan fingerprint density at radius 2 is 1.62 bits per heavy atom. The van der Waals surface area contributed by atoms with Crippen LogP contribution in [0.3, 0.4) is 0 Å². The number of hydrogen-bond donors (Lipinski definition) is 0. The molecule has 0 amide bonds. The van der Waals surface area contributed by atoms with Crippen LogP contribution >= 0.6 is 11.8 Å². The summed E-state index contributed by atoms with van der Waals surface area (Å²) in [5.74, 6) is 0. The molecule has 0 radical (unpaired) electrons. The van der Waals surface area contributed by atoms with Crippen LogP contribution in [0.1, 0.15) is 11.1 Å². The first-order valence-corrected chi connectivity index (χ1v) is 7.80. The summed E-state index contributed by atoms with van der Waals surface area (Å²) in [6, 6.07) is 21.1. The molecule has 0 aliphatic heterocycles. The molecule has 2 aromatic carbocycles. The fourth-order valence-corrected chi connectivity index (χ4v) is 3.21. The highest BCUT2D eigenvalue weighted by atomic mass is 32.2. The molecule has 0 unspecified atom stereocenters. The first-order valence-electron chi connectivity index (χ1n) is 6.99. The summed E-state index contributed by atoms with van der Waals surface area (Å²) in [6.07, 6.45) is 1.89. The Morgan fingerprint density at radius 1 is 0.810 bits per heavy atom. The van der Waals surface area contributed by atoms with Gasteiger partial charge >= 0.3 is 0 Å². The molecule has 0 N–H and O–H groups in total. The monoisotopic (exact) mass is 291 g/mol. The molecule has 3 rings (SSSR count). The summed E-state index contributed by atoms with van der Waals surface area (Å²) in [5.41, 5.74) is 4.79. The molecule has 0 fully saturated rings. The number of aryl methyl sites for hydroxylation is 2. The van der Waals surface area contributed by atoms with Crippen molar-refractivity contribution in [1.82, 2.24) is 4.98 Å². The molecule has 0 saturated carbocycles. The van der Waals surface area contributed by atoms with Crippen LogP contribution in [-0.2, 0) is 0 Å². The Labute approximate surface area is 130 Å². The summed E-state index contributed by atoms with van der Waals surface area (Å²) >= 11 is 1.77. The number of rotatable bonds is 3. The van der Waals surface area contributed by atoms with E-state index >= 15 is 0 Å². The van der Waals surface area contributed by atoms with Gasteiger partial charge in [0, 0.05) is 21.6 Å². The molecule has 104 valence electrons. The van der Waals surface area contributed by atoms with E-state index in [0.717, 1.165) is 5.69 Å². The molecule has 3 aromatic rings. The van der Waals surface area contributed by atoms with Gasteiger partial charge in [0.15, 0.2) is 0 Å². The van der Waals surface area contributed by atoms with Gasteiger partial charge in [0.05, 0.1) is 5.69 Å². The minimum atomic E-state index is 1.04. The molecule has 0 aliphatic carbocycles. The van der Waals surface area contributed by atoms with Crippen LogP contribution in [0.2, 0.25) is 0 Å². The lowest BCUT2D eigenvalue weighted by Crippen LogP contribution is -1.88. The smallest absolute Gasteiger partial charge is 0.0715 e. The molecule has 2 heteroatoms. The normalized spacial score (nSPS) is 10.6. The molecule has 0 bridgehead atoms. The van der Waals surface area contributed by atoms with E-state index in [1.807, 2.05) is 12.3 Å². The van der Waals surface area contributed by atoms with Crippen LogP contribution in [0, 0.1) is 13.8 Å². The maximum atomic E-state index is 4.53. The fraction of sp³-hybridized carbons (Fsp3) is 0.105. The minimum absolute atomic E-state index is 1.04. The van der Waals surface area contributed by atoms with Crippen molar-refractivity contribution < 1.29 is 0 Å². The Hall–Kier alpha value is -2.06. The number of benzene rings is 2. The quantitative estimate of drug-likeness (QED) is 0.630. The lowest BCUT2D eigenvalue weighted by molar-refractivity contribution is 1.24. The molecule has 0 atom stereocenters. The van der Waals surface area contributed by atoms with Gasteiger partial charge < -0.3 is 0 Å². The van der Waals surface area contributed by atoms with Gasteiger partial charge in [-0.1, -0.05) is 53.7 Å². The van der Waals surface area contributed by atoms with Crippen LogP contribution in [0.5, 0.6) is 0 Å². The van der Waals surface area contributed by atoms with Crippen molar-refractivity contribution in [3.63, 3.8) is 0 Å². The van der Waals surface area contributed by atoms with Gasteiger partial charge in [-0.25, -0.2) is 0 Å². The van der Waals surface area contributed by atoms with Crippen molar-refractivity contribution in [3.8, 4) is 11.3 Å².